The molecule has 0 aliphatic carbocycles. The van der Waals surface area contributed by atoms with Crippen LogP contribution < -0.4 is 0 Å². The van der Waals surface area contributed by atoms with E-state index in [0.717, 1.165) is 44.6 Å². The van der Waals surface area contributed by atoms with Crippen LogP contribution in [0.1, 0.15) is 45.6 Å². The minimum Gasteiger partial charge on any atom is -0.342 e. The molecule has 2 saturated heterocycles. The van der Waals surface area contributed by atoms with Crippen molar-refractivity contribution in [2.45, 2.75) is 51.3 Å². The van der Waals surface area contributed by atoms with Gasteiger partial charge in [-0.1, -0.05) is 51.1 Å². The quantitative estimate of drug-likeness (QED) is 0.812. The van der Waals surface area contributed by atoms with E-state index in [1.54, 1.807) is 0 Å². The monoisotopic (exact) mass is 374 g/mol. The number of carbonyl (C=O) groups excluding carboxylic acids is 2. The number of piperidine rings is 1. The van der Waals surface area contributed by atoms with E-state index in [1.807, 2.05) is 55.6 Å². The SMILES string of the molecule is CC(C)(C)C(=O)N1CCC2(CC1)SCCN2C(=O)CCc1ccccc1. The molecule has 0 aromatic heterocycles. The molecule has 2 fully saturated rings. The molecule has 2 amide bonds. The van der Waals surface area contributed by atoms with Crippen molar-refractivity contribution >= 4 is 23.6 Å². The Labute approximate surface area is 161 Å². The first-order chi connectivity index (χ1) is 12.3. The van der Waals surface area contributed by atoms with Gasteiger partial charge in [-0.25, -0.2) is 0 Å². The van der Waals surface area contributed by atoms with Crippen LogP contribution in [0.3, 0.4) is 0 Å². The highest BCUT2D eigenvalue weighted by Crippen LogP contribution is 2.44. The summed E-state index contributed by atoms with van der Waals surface area (Å²) in [6.45, 7) is 8.28. The minimum absolute atomic E-state index is 0.0948. The molecule has 3 rings (SSSR count). The molecule has 0 bridgehead atoms. The third kappa shape index (κ3) is 4.08. The molecule has 2 aliphatic rings. The number of aryl methyl sites for hydroxylation is 1. The van der Waals surface area contributed by atoms with Gasteiger partial charge in [0.25, 0.3) is 0 Å². The van der Waals surface area contributed by atoms with Crippen molar-refractivity contribution < 1.29 is 9.59 Å². The number of nitrogens with zero attached hydrogens (tertiary/aromatic N) is 2. The third-order valence-corrected chi connectivity index (χ3v) is 6.98. The lowest BCUT2D eigenvalue weighted by Crippen LogP contribution is -2.55. The Bertz CT molecular complexity index is 646. The Morgan fingerprint density at radius 1 is 1.08 bits per heavy atom. The molecular formula is C21H30N2O2S. The molecule has 0 atom stereocenters. The predicted octanol–water partition coefficient (Wildman–Crippen LogP) is 3.56. The molecule has 0 N–H and O–H groups in total. The Hall–Kier alpha value is -1.49. The van der Waals surface area contributed by atoms with Crippen molar-refractivity contribution in [1.82, 2.24) is 9.80 Å². The second-order valence-corrected chi connectivity index (χ2v) is 9.82. The first-order valence-corrected chi connectivity index (χ1v) is 10.6. The summed E-state index contributed by atoms with van der Waals surface area (Å²) >= 11 is 1.91. The van der Waals surface area contributed by atoms with Gasteiger partial charge in [0, 0.05) is 37.2 Å². The van der Waals surface area contributed by atoms with E-state index in [9.17, 15) is 9.59 Å². The second-order valence-electron chi connectivity index (χ2n) is 8.37. The molecular weight excluding hydrogens is 344 g/mol. The van der Waals surface area contributed by atoms with Crippen LogP contribution in [0.5, 0.6) is 0 Å². The first kappa shape index (κ1) is 19.3. The van der Waals surface area contributed by atoms with E-state index in [1.165, 1.54) is 5.56 Å². The van der Waals surface area contributed by atoms with Gasteiger partial charge in [-0.15, -0.1) is 11.8 Å². The Morgan fingerprint density at radius 2 is 1.73 bits per heavy atom. The lowest BCUT2D eigenvalue weighted by atomic mass is 9.92. The van der Waals surface area contributed by atoms with Crippen LogP contribution >= 0.6 is 11.8 Å². The van der Waals surface area contributed by atoms with Crippen molar-refractivity contribution in [2.24, 2.45) is 5.41 Å². The van der Waals surface area contributed by atoms with Gasteiger partial charge in [-0.3, -0.25) is 9.59 Å². The summed E-state index contributed by atoms with van der Waals surface area (Å²) < 4.78 is 0. The maximum Gasteiger partial charge on any atom is 0.227 e. The smallest absolute Gasteiger partial charge is 0.227 e. The normalized spacial score (nSPS) is 19.8. The summed E-state index contributed by atoms with van der Waals surface area (Å²) in [5.41, 5.74) is 0.880. The lowest BCUT2D eigenvalue weighted by Gasteiger charge is -2.45. The number of amides is 2. The van der Waals surface area contributed by atoms with E-state index in [2.05, 4.69) is 17.0 Å². The third-order valence-electron chi connectivity index (χ3n) is 5.42. The van der Waals surface area contributed by atoms with Crippen LogP contribution in [0.4, 0.5) is 0 Å². The van der Waals surface area contributed by atoms with Gasteiger partial charge >= 0.3 is 0 Å². The van der Waals surface area contributed by atoms with Crippen LogP contribution in [0.25, 0.3) is 0 Å². The van der Waals surface area contributed by atoms with Gasteiger partial charge < -0.3 is 9.80 Å². The maximum atomic E-state index is 12.9. The number of thioether (sulfide) groups is 1. The first-order valence-electron chi connectivity index (χ1n) is 9.60. The zero-order valence-electron chi connectivity index (χ0n) is 16.2. The molecule has 1 aromatic rings. The molecule has 0 saturated carbocycles. The highest BCUT2D eigenvalue weighted by atomic mass is 32.2. The van der Waals surface area contributed by atoms with E-state index in [0.29, 0.717) is 6.42 Å². The van der Waals surface area contributed by atoms with Gasteiger partial charge in [-0.05, 0) is 24.8 Å². The van der Waals surface area contributed by atoms with E-state index >= 15 is 0 Å². The van der Waals surface area contributed by atoms with Gasteiger partial charge in [0.1, 0.15) is 0 Å². The highest BCUT2D eigenvalue weighted by molar-refractivity contribution is 8.00. The van der Waals surface area contributed by atoms with Crippen molar-refractivity contribution in [3.05, 3.63) is 35.9 Å². The van der Waals surface area contributed by atoms with E-state index < -0.39 is 0 Å². The zero-order valence-corrected chi connectivity index (χ0v) is 17.0. The topological polar surface area (TPSA) is 40.6 Å². The van der Waals surface area contributed by atoms with Gasteiger partial charge in [-0.2, -0.15) is 0 Å². The number of carbonyl (C=O) groups is 2. The number of likely N-dealkylation sites (tertiary alicyclic amines) is 1. The van der Waals surface area contributed by atoms with E-state index in [4.69, 9.17) is 0 Å². The van der Waals surface area contributed by atoms with Crippen LogP contribution in [0.2, 0.25) is 0 Å². The summed E-state index contributed by atoms with van der Waals surface area (Å²) in [4.78, 5) is 29.4. The average molecular weight is 375 g/mol. The molecule has 0 unspecified atom stereocenters. The summed E-state index contributed by atoms with van der Waals surface area (Å²) in [5.74, 6) is 1.48. The molecule has 2 aliphatic heterocycles. The number of benzene rings is 1. The number of rotatable bonds is 3. The zero-order chi connectivity index (χ0) is 18.8. The van der Waals surface area contributed by atoms with Crippen LogP contribution in [-0.4, -0.2) is 51.9 Å². The number of hydrogen-bond donors (Lipinski definition) is 0. The summed E-state index contributed by atoms with van der Waals surface area (Å²) in [5, 5.41) is 0. The Kier molecular flexibility index (Phi) is 5.66. The maximum absolute atomic E-state index is 12.9. The summed E-state index contributed by atoms with van der Waals surface area (Å²) in [6.07, 6.45) is 3.13. The van der Waals surface area contributed by atoms with Gasteiger partial charge in [0.15, 0.2) is 0 Å². The fraction of sp³-hybridized carbons (Fsp3) is 0.619. The van der Waals surface area contributed by atoms with Gasteiger partial charge in [0.2, 0.25) is 11.8 Å². The molecule has 4 nitrogen and oxygen atoms in total. The molecule has 142 valence electrons. The summed E-state index contributed by atoms with van der Waals surface area (Å²) in [6, 6.07) is 10.2. The minimum atomic E-state index is -0.335. The fourth-order valence-corrected chi connectivity index (χ4v) is 5.41. The molecule has 1 aromatic carbocycles. The molecule has 26 heavy (non-hydrogen) atoms. The van der Waals surface area contributed by atoms with Crippen LogP contribution in [0.15, 0.2) is 30.3 Å². The Balaban J connectivity index is 1.59. The molecule has 1 spiro atoms. The average Bonchev–Trinajstić information content (AvgIpc) is 3.03. The largest absolute Gasteiger partial charge is 0.342 e. The van der Waals surface area contributed by atoms with Crippen molar-refractivity contribution in [3.63, 3.8) is 0 Å². The number of hydrogen-bond acceptors (Lipinski definition) is 3. The predicted molar refractivity (Wildman–Crippen MR) is 107 cm³/mol. The van der Waals surface area contributed by atoms with Crippen molar-refractivity contribution in [2.75, 3.05) is 25.4 Å². The molecule has 2 heterocycles. The van der Waals surface area contributed by atoms with Crippen molar-refractivity contribution in [3.8, 4) is 0 Å². The van der Waals surface area contributed by atoms with Gasteiger partial charge in [0.05, 0.1) is 4.87 Å². The molecule has 5 heteroatoms. The standard InChI is InChI=1S/C21H30N2O2S/c1-20(2,3)19(25)22-13-11-21(12-14-22)23(15-16-26-21)18(24)10-9-17-7-5-4-6-8-17/h4-8H,9-16H2,1-3H3. The highest BCUT2D eigenvalue weighted by Gasteiger charge is 2.47. The van der Waals surface area contributed by atoms with E-state index in [-0.39, 0.29) is 22.1 Å². The molecule has 0 radical (unpaired) electrons. The van der Waals surface area contributed by atoms with Crippen molar-refractivity contribution in [1.29, 1.82) is 0 Å². The van der Waals surface area contributed by atoms with Crippen LogP contribution in [0, 0.1) is 5.41 Å². The summed E-state index contributed by atoms with van der Waals surface area (Å²) in [7, 11) is 0. The fourth-order valence-electron chi connectivity index (χ4n) is 3.94. The van der Waals surface area contributed by atoms with Crippen LogP contribution in [-0.2, 0) is 16.0 Å². The Morgan fingerprint density at radius 3 is 2.35 bits per heavy atom. The lowest BCUT2D eigenvalue weighted by molar-refractivity contribution is -0.142. The second kappa shape index (κ2) is 7.63.